The van der Waals surface area contributed by atoms with Crippen LogP contribution in [0.3, 0.4) is 0 Å². The lowest BCUT2D eigenvalue weighted by molar-refractivity contribution is -0.125. The summed E-state index contributed by atoms with van der Waals surface area (Å²) < 4.78 is 1.36. The average molecular weight is 441 g/mol. The van der Waals surface area contributed by atoms with Crippen LogP contribution in [0.5, 0.6) is 0 Å². The number of nitrogens with zero attached hydrogens (tertiary/aromatic N) is 3. The highest BCUT2D eigenvalue weighted by molar-refractivity contribution is 6.30. The number of carbonyl (C=O) groups excluding carboxylic acids is 1. The molecule has 1 unspecified atom stereocenters. The number of allylic oxidation sites excluding steroid dienone is 1. The van der Waals surface area contributed by atoms with Gasteiger partial charge in [0.1, 0.15) is 5.82 Å². The minimum absolute atomic E-state index is 0.0672. The molecule has 1 saturated heterocycles. The molecule has 0 bridgehead atoms. The normalized spacial score (nSPS) is 19.1. The van der Waals surface area contributed by atoms with Gasteiger partial charge < -0.3 is 10.2 Å². The summed E-state index contributed by atoms with van der Waals surface area (Å²) in [6.07, 6.45) is 9.97. The lowest BCUT2D eigenvalue weighted by Gasteiger charge is -2.33. The number of amides is 1. The SMILES string of the molecule is O=C(NCCC1=CCCCC1)C1CCCN(c2ccc(=O)n(-c3cccc(Cl)c3)n2)C1. The van der Waals surface area contributed by atoms with Gasteiger partial charge in [-0.1, -0.05) is 29.3 Å². The third kappa shape index (κ3) is 5.56. The van der Waals surface area contributed by atoms with Crippen molar-refractivity contribution in [1.82, 2.24) is 15.1 Å². The number of benzene rings is 1. The molecule has 1 atom stereocenters. The summed E-state index contributed by atoms with van der Waals surface area (Å²) in [5.41, 5.74) is 1.89. The molecule has 0 radical (unpaired) electrons. The fourth-order valence-corrected chi connectivity index (χ4v) is 4.57. The summed E-state index contributed by atoms with van der Waals surface area (Å²) in [6.45, 7) is 2.13. The van der Waals surface area contributed by atoms with Crippen molar-refractivity contribution < 1.29 is 4.79 Å². The number of nitrogens with one attached hydrogen (secondary N) is 1. The zero-order chi connectivity index (χ0) is 21.6. The van der Waals surface area contributed by atoms with Gasteiger partial charge in [0.15, 0.2) is 0 Å². The molecule has 0 spiro atoms. The molecule has 1 N–H and O–H groups in total. The molecule has 0 saturated carbocycles. The van der Waals surface area contributed by atoms with Gasteiger partial charge in [-0.05, 0) is 69.2 Å². The third-order valence-electron chi connectivity index (χ3n) is 6.09. The van der Waals surface area contributed by atoms with Crippen molar-refractivity contribution in [2.75, 3.05) is 24.5 Å². The zero-order valence-corrected chi connectivity index (χ0v) is 18.5. The van der Waals surface area contributed by atoms with Crippen LogP contribution in [-0.2, 0) is 4.79 Å². The molecule has 2 aliphatic rings. The Kier molecular flexibility index (Phi) is 7.07. The highest BCUT2D eigenvalue weighted by atomic mass is 35.5. The van der Waals surface area contributed by atoms with Gasteiger partial charge in [-0.15, -0.1) is 5.10 Å². The van der Waals surface area contributed by atoms with Crippen LogP contribution in [0, 0.1) is 5.92 Å². The molecule has 2 aromatic rings. The largest absolute Gasteiger partial charge is 0.355 e. The first-order valence-corrected chi connectivity index (χ1v) is 11.5. The summed E-state index contributed by atoms with van der Waals surface area (Å²) in [7, 11) is 0. The Hall–Kier alpha value is -2.60. The molecule has 1 aromatic heterocycles. The minimum atomic E-state index is -0.214. The van der Waals surface area contributed by atoms with Crippen molar-refractivity contribution in [2.45, 2.75) is 44.9 Å². The van der Waals surface area contributed by atoms with Crippen LogP contribution in [0.25, 0.3) is 5.69 Å². The predicted molar refractivity (Wildman–Crippen MR) is 124 cm³/mol. The maximum atomic E-state index is 12.7. The maximum absolute atomic E-state index is 12.7. The molecule has 164 valence electrons. The minimum Gasteiger partial charge on any atom is -0.355 e. The summed E-state index contributed by atoms with van der Waals surface area (Å²) in [6, 6.07) is 10.3. The molecule has 1 aliphatic heterocycles. The van der Waals surface area contributed by atoms with Gasteiger partial charge in [-0.3, -0.25) is 9.59 Å². The number of hydrogen-bond donors (Lipinski definition) is 1. The summed E-state index contributed by atoms with van der Waals surface area (Å²) in [4.78, 5) is 27.2. The third-order valence-corrected chi connectivity index (χ3v) is 6.32. The summed E-state index contributed by atoms with van der Waals surface area (Å²) in [5.74, 6) is 0.746. The predicted octanol–water partition coefficient (Wildman–Crippen LogP) is 4.11. The van der Waals surface area contributed by atoms with Gasteiger partial charge in [0, 0.05) is 30.7 Å². The highest BCUT2D eigenvalue weighted by Crippen LogP contribution is 2.23. The number of piperidine rings is 1. The van der Waals surface area contributed by atoms with E-state index in [1.54, 1.807) is 30.3 Å². The van der Waals surface area contributed by atoms with E-state index in [0.717, 1.165) is 25.8 Å². The van der Waals surface area contributed by atoms with E-state index in [1.165, 1.54) is 42.0 Å². The van der Waals surface area contributed by atoms with E-state index in [1.807, 2.05) is 0 Å². The molecule has 1 aromatic carbocycles. The number of carbonyl (C=O) groups is 1. The quantitative estimate of drug-likeness (QED) is 0.686. The van der Waals surface area contributed by atoms with E-state index >= 15 is 0 Å². The van der Waals surface area contributed by atoms with Crippen LogP contribution in [0.15, 0.2) is 52.8 Å². The second kappa shape index (κ2) is 10.1. The molecular weight excluding hydrogens is 412 g/mol. The Morgan fingerprint density at radius 1 is 1.19 bits per heavy atom. The molecule has 1 aliphatic carbocycles. The van der Waals surface area contributed by atoms with Gasteiger partial charge in [0.2, 0.25) is 5.91 Å². The van der Waals surface area contributed by atoms with Gasteiger partial charge in [0.05, 0.1) is 11.6 Å². The van der Waals surface area contributed by atoms with Crippen LogP contribution in [-0.4, -0.2) is 35.3 Å². The number of anilines is 1. The topological polar surface area (TPSA) is 67.2 Å². The smallest absolute Gasteiger partial charge is 0.271 e. The Morgan fingerprint density at radius 2 is 2.10 bits per heavy atom. The van der Waals surface area contributed by atoms with Crippen LogP contribution < -0.4 is 15.8 Å². The first kappa shape index (κ1) is 21.6. The van der Waals surface area contributed by atoms with Gasteiger partial charge >= 0.3 is 0 Å². The standard InChI is InChI=1S/C24H29ClN4O2/c25-20-9-4-10-21(16-20)29-23(30)12-11-22(27-29)28-15-5-8-19(17-28)24(31)26-14-13-18-6-2-1-3-7-18/h4,6,9-12,16,19H,1-3,5,7-8,13-15,17H2,(H,26,31). The van der Waals surface area contributed by atoms with Crippen LogP contribution in [0.2, 0.25) is 5.02 Å². The highest BCUT2D eigenvalue weighted by Gasteiger charge is 2.26. The fraction of sp³-hybridized carbons (Fsp3) is 0.458. The molecular formula is C24H29ClN4O2. The Morgan fingerprint density at radius 3 is 2.90 bits per heavy atom. The lowest BCUT2D eigenvalue weighted by Crippen LogP contribution is -2.44. The Labute approximate surface area is 187 Å². The number of rotatable bonds is 6. The van der Waals surface area contributed by atoms with Crippen LogP contribution in [0.4, 0.5) is 5.82 Å². The molecule has 4 rings (SSSR count). The second-order valence-electron chi connectivity index (χ2n) is 8.36. The maximum Gasteiger partial charge on any atom is 0.271 e. The van der Waals surface area contributed by atoms with E-state index in [2.05, 4.69) is 21.4 Å². The first-order valence-electron chi connectivity index (χ1n) is 11.2. The number of aromatic nitrogens is 2. The van der Waals surface area contributed by atoms with Crippen molar-refractivity contribution in [3.8, 4) is 5.69 Å². The van der Waals surface area contributed by atoms with Gasteiger partial charge in [-0.25, -0.2) is 0 Å². The van der Waals surface area contributed by atoms with Crippen molar-refractivity contribution >= 4 is 23.3 Å². The van der Waals surface area contributed by atoms with E-state index in [-0.39, 0.29) is 17.4 Å². The fourth-order valence-electron chi connectivity index (χ4n) is 4.38. The van der Waals surface area contributed by atoms with Crippen molar-refractivity contribution in [2.24, 2.45) is 5.92 Å². The molecule has 1 fully saturated rings. The van der Waals surface area contributed by atoms with Crippen molar-refractivity contribution in [3.05, 3.63) is 63.4 Å². The average Bonchev–Trinajstić information content (AvgIpc) is 2.80. The first-order chi connectivity index (χ1) is 15.1. The Bertz CT molecular complexity index is 1020. The van der Waals surface area contributed by atoms with Gasteiger partial charge in [0.25, 0.3) is 5.56 Å². The molecule has 31 heavy (non-hydrogen) atoms. The van der Waals surface area contributed by atoms with Crippen molar-refractivity contribution in [1.29, 1.82) is 0 Å². The number of hydrogen-bond acceptors (Lipinski definition) is 4. The molecule has 7 heteroatoms. The molecule has 1 amide bonds. The van der Waals surface area contributed by atoms with E-state index in [9.17, 15) is 9.59 Å². The van der Waals surface area contributed by atoms with Crippen molar-refractivity contribution in [3.63, 3.8) is 0 Å². The van der Waals surface area contributed by atoms with Crippen LogP contribution >= 0.6 is 11.6 Å². The summed E-state index contributed by atoms with van der Waals surface area (Å²) >= 11 is 6.08. The lowest BCUT2D eigenvalue weighted by atomic mass is 9.96. The summed E-state index contributed by atoms with van der Waals surface area (Å²) in [5, 5.41) is 8.24. The molecule has 6 nitrogen and oxygen atoms in total. The monoisotopic (exact) mass is 440 g/mol. The van der Waals surface area contributed by atoms with E-state index < -0.39 is 0 Å². The van der Waals surface area contributed by atoms with E-state index in [0.29, 0.717) is 29.6 Å². The van der Waals surface area contributed by atoms with Crippen LogP contribution in [0.1, 0.15) is 44.9 Å². The zero-order valence-electron chi connectivity index (χ0n) is 17.7. The van der Waals surface area contributed by atoms with E-state index in [4.69, 9.17) is 11.6 Å². The van der Waals surface area contributed by atoms with Gasteiger partial charge in [-0.2, -0.15) is 4.68 Å². The number of halogens is 1. The second-order valence-corrected chi connectivity index (χ2v) is 8.79. The molecule has 2 heterocycles. The Balaban J connectivity index is 1.40.